The molecule has 43 heavy (non-hydrogen) atoms. The third kappa shape index (κ3) is 5.25. The van der Waals surface area contributed by atoms with Crippen molar-refractivity contribution in [3.8, 4) is 33.8 Å². The molecule has 1 aliphatic heterocycles. The number of carbonyl (C=O) groups excluding carboxylic acids is 2. The summed E-state index contributed by atoms with van der Waals surface area (Å²) in [7, 11) is 0. The number of esters is 2. The molecule has 0 saturated heterocycles. The maximum atomic E-state index is 14.2. The van der Waals surface area contributed by atoms with Crippen molar-refractivity contribution in [2.45, 2.75) is 44.4 Å². The van der Waals surface area contributed by atoms with E-state index in [1.807, 2.05) is 84.9 Å². The highest BCUT2D eigenvalue weighted by molar-refractivity contribution is 6.05. The van der Waals surface area contributed by atoms with Gasteiger partial charge in [0.2, 0.25) is 0 Å². The molecular formula is C39H32O4. The normalized spacial score (nSPS) is 15.0. The Morgan fingerprint density at radius 2 is 1.14 bits per heavy atom. The maximum Gasteiger partial charge on any atom is 0.344 e. The quantitative estimate of drug-likeness (QED) is 0.162. The summed E-state index contributed by atoms with van der Waals surface area (Å²) in [6.07, 6.45) is 6.14. The van der Waals surface area contributed by atoms with Crippen molar-refractivity contribution in [2.75, 3.05) is 0 Å². The average Bonchev–Trinajstić information content (AvgIpc) is 3.06. The molecule has 0 spiro atoms. The lowest BCUT2D eigenvalue weighted by Crippen LogP contribution is -2.17. The summed E-state index contributed by atoms with van der Waals surface area (Å²) in [5.41, 5.74) is 7.34. The molecule has 4 nitrogen and oxygen atoms in total. The first-order chi connectivity index (χ1) is 21.2. The van der Waals surface area contributed by atoms with Crippen LogP contribution in [0.25, 0.3) is 22.3 Å². The van der Waals surface area contributed by atoms with Crippen LogP contribution >= 0.6 is 0 Å². The van der Waals surface area contributed by atoms with Gasteiger partial charge in [-0.05, 0) is 76.8 Å². The molecule has 2 aliphatic rings. The summed E-state index contributed by atoms with van der Waals surface area (Å²) >= 11 is 0. The molecule has 0 aromatic heterocycles. The molecule has 0 radical (unpaired) electrons. The fraction of sp³-hybridized carbons (Fsp3) is 0.179. The van der Waals surface area contributed by atoms with Gasteiger partial charge in [0, 0.05) is 5.56 Å². The zero-order chi connectivity index (χ0) is 29.2. The first kappa shape index (κ1) is 26.9. The first-order valence-corrected chi connectivity index (χ1v) is 15.1. The number of carbonyl (C=O) groups is 2. The van der Waals surface area contributed by atoms with Crippen molar-refractivity contribution in [3.63, 3.8) is 0 Å². The van der Waals surface area contributed by atoms with E-state index in [1.165, 1.54) is 6.42 Å². The lowest BCUT2D eigenvalue weighted by atomic mass is 9.83. The van der Waals surface area contributed by atoms with Crippen LogP contribution in [0.5, 0.6) is 11.5 Å². The molecule has 5 aromatic rings. The van der Waals surface area contributed by atoms with Gasteiger partial charge in [-0.15, -0.1) is 0 Å². The Hall–Kier alpha value is -4.96. The SMILES string of the molecule is O=C1Oc2cccc(C3CCCCC3)c2OC(=O)c2ccccc2-c2c(Cc3ccccc3)cccc2-c2ccccc21. The predicted octanol–water partition coefficient (Wildman–Crippen LogP) is 9.41. The van der Waals surface area contributed by atoms with E-state index < -0.39 is 11.9 Å². The Morgan fingerprint density at radius 1 is 0.535 bits per heavy atom. The Kier molecular flexibility index (Phi) is 7.34. The number of para-hydroxylation sites is 1. The van der Waals surface area contributed by atoms with Crippen LogP contribution in [0.1, 0.15) is 75.4 Å². The molecule has 1 aliphatic carbocycles. The smallest absolute Gasteiger partial charge is 0.344 e. The average molecular weight is 565 g/mol. The van der Waals surface area contributed by atoms with E-state index in [0.717, 1.165) is 64.6 Å². The van der Waals surface area contributed by atoms with Crippen LogP contribution in [0, 0.1) is 0 Å². The molecular weight excluding hydrogens is 532 g/mol. The third-order valence-corrected chi connectivity index (χ3v) is 8.69. The molecule has 7 rings (SSSR count). The monoisotopic (exact) mass is 564 g/mol. The van der Waals surface area contributed by atoms with Crippen LogP contribution in [0.15, 0.2) is 115 Å². The molecule has 0 bridgehead atoms. The topological polar surface area (TPSA) is 52.6 Å². The Labute approximate surface area is 251 Å². The molecule has 5 aromatic carbocycles. The van der Waals surface area contributed by atoms with Crippen LogP contribution in [-0.2, 0) is 6.42 Å². The van der Waals surface area contributed by atoms with Gasteiger partial charge in [0.25, 0.3) is 0 Å². The molecule has 1 heterocycles. The minimum atomic E-state index is -0.484. The number of benzene rings is 5. The van der Waals surface area contributed by atoms with Crippen molar-refractivity contribution in [3.05, 3.63) is 143 Å². The summed E-state index contributed by atoms with van der Waals surface area (Å²) in [4.78, 5) is 28.1. The van der Waals surface area contributed by atoms with E-state index in [2.05, 4.69) is 18.2 Å². The van der Waals surface area contributed by atoms with Crippen LogP contribution in [0.4, 0.5) is 0 Å². The summed E-state index contributed by atoms with van der Waals surface area (Å²) in [5.74, 6) is -0.0954. The molecule has 0 atom stereocenters. The lowest BCUT2D eigenvalue weighted by Gasteiger charge is -2.26. The minimum Gasteiger partial charge on any atom is -0.419 e. The largest absolute Gasteiger partial charge is 0.419 e. The Balaban J connectivity index is 1.47. The number of rotatable bonds is 3. The van der Waals surface area contributed by atoms with Crippen LogP contribution in [0.3, 0.4) is 0 Å². The highest BCUT2D eigenvalue weighted by atomic mass is 16.6. The van der Waals surface area contributed by atoms with E-state index >= 15 is 0 Å². The second-order valence-corrected chi connectivity index (χ2v) is 11.4. The van der Waals surface area contributed by atoms with Crippen molar-refractivity contribution >= 4 is 11.9 Å². The number of hydrogen-bond acceptors (Lipinski definition) is 4. The minimum absolute atomic E-state index is 0.240. The van der Waals surface area contributed by atoms with Crippen LogP contribution < -0.4 is 9.47 Å². The molecule has 0 amide bonds. The van der Waals surface area contributed by atoms with Gasteiger partial charge in [0.05, 0.1) is 11.1 Å². The summed E-state index contributed by atoms with van der Waals surface area (Å²) in [6, 6.07) is 37.2. The van der Waals surface area contributed by atoms with Gasteiger partial charge in [-0.2, -0.15) is 0 Å². The molecule has 1 fully saturated rings. The van der Waals surface area contributed by atoms with Gasteiger partial charge in [0.1, 0.15) is 0 Å². The van der Waals surface area contributed by atoms with E-state index in [-0.39, 0.29) is 11.7 Å². The Morgan fingerprint density at radius 3 is 1.91 bits per heavy atom. The molecule has 212 valence electrons. The highest BCUT2D eigenvalue weighted by Crippen LogP contribution is 2.45. The number of hydrogen-bond donors (Lipinski definition) is 0. The second-order valence-electron chi connectivity index (χ2n) is 11.4. The van der Waals surface area contributed by atoms with Crippen molar-refractivity contribution in [1.29, 1.82) is 0 Å². The van der Waals surface area contributed by atoms with E-state index in [1.54, 1.807) is 12.1 Å². The maximum absolute atomic E-state index is 14.2. The molecule has 0 unspecified atom stereocenters. The van der Waals surface area contributed by atoms with Gasteiger partial charge in [-0.3, -0.25) is 0 Å². The predicted molar refractivity (Wildman–Crippen MR) is 169 cm³/mol. The number of ether oxygens (including phenoxy) is 2. The molecule has 1 saturated carbocycles. The number of fused-ring (bicyclic) bond motifs is 6. The van der Waals surface area contributed by atoms with Crippen LogP contribution in [-0.4, -0.2) is 11.9 Å². The highest BCUT2D eigenvalue weighted by Gasteiger charge is 2.29. The van der Waals surface area contributed by atoms with E-state index in [0.29, 0.717) is 23.3 Å². The molecule has 0 N–H and O–H groups in total. The standard InChI is InChI=1S/C39H32O4/c40-38-33-20-9-7-18-30(33)31-23-11-17-28(25-26-13-3-1-4-14-26)36(31)32-19-8-10-21-34(32)39(41)43-37-29(22-12-24-35(37)42-38)27-15-5-2-6-16-27/h1,3-4,7-14,17-24,27H,2,5-6,15-16,25H2. The van der Waals surface area contributed by atoms with Gasteiger partial charge in [-0.25, -0.2) is 9.59 Å². The summed E-state index contributed by atoms with van der Waals surface area (Å²) in [6.45, 7) is 0. The van der Waals surface area contributed by atoms with Crippen molar-refractivity contribution < 1.29 is 19.1 Å². The van der Waals surface area contributed by atoms with Gasteiger partial charge < -0.3 is 9.47 Å². The van der Waals surface area contributed by atoms with Crippen LogP contribution in [0.2, 0.25) is 0 Å². The second kappa shape index (κ2) is 11.7. The lowest BCUT2D eigenvalue weighted by molar-refractivity contribution is 0.0680. The molecule has 4 heteroatoms. The third-order valence-electron chi connectivity index (χ3n) is 8.69. The summed E-state index contributed by atoms with van der Waals surface area (Å²) in [5, 5.41) is 0. The zero-order valence-electron chi connectivity index (χ0n) is 23.9. The van der Waals surface area contributed by atoms with Gasteiger partial charge >= 0.3 is 11.9 Å². The van der Waals surface area contributed by atoms with Crippen molar-refractivity contribution in [1.82, 2.24) is 0 Å². The van der Waals surface area contributed by atoms with Gasteiger partial charge in [-0.1, -0.05) is 116 Å². The fourth-order valence-electron chi connectivity index (χ4n) is 6.64. The van der Waals surface area contributed by atoms with E-state index in [4.69, 9.17) is 9.47 Å². The summed E-state index contributed by atoms with van der Waals surface area (Å²) < 4.78 is 12.4. The fourth-order valence-corrected chi connectivity index (χ4v) is 6.64. The first-order valence-electron chi connectivity index (χ1n) is 15.1. The van der Waals surface area contributed by atoms with Crippen molar-refractivity contribution in [2.24, 2.45) is 0 Å². The zero-order valence-corrected chi connectivity index (χ0v) is 23.9. The van der Waals surface area contributed by atoms with Gasteiger partial charge in [0.15, 0.2) is 11.5 Å². The Bertz CT molecular complexity index is 1820. The van der Waals surface area contributed by atoms with E-state index in [9.17, 15) is 9.59 Å².